The van der Waals surface area contributed by atoms with Crippen LogP contribution in [-0.4, -0.2) is 4.98 Å². The molecule has 0 radical (unpaired) electrons. The van der Waals surface area contributed by atoms with Crippen molar-refractivity contribution in [3.63, 3.8) is 0 Å². The minimum atomic E-state index is -0.104. The van der Waals surface area contributed by atoms with E-state index in [1.807, 2.05) is 42.6 Å². The molecule has 29 heavy (non-hydrogen) atoms. The Kier molecular flexibility index (Phi) is 3.22. The van der Waals surface area contributed by atoms with Crippen molar-refractivity contribution >= 4 is 0 Å². The first-order chi connectivity index (χ1) is 14.1. The van der Waals surface area contributed by atoms with Crippen LogP contribution < -0.4 is 9.47 Å². The van der Waals surface area contributed by atoms with Crippen molar-refractivity contribution in [1.29, 1.82) is 0 Å². The molecule has 3 aromatic carbocycles. The zero-order chi connectivity index (χ0) is 19.6. The first kappa shape index (κ1) is 16.4. The standard InChI is InChI=1S/C26H19NO2/c1-26(2)19-10-9-16(17-6-5-13-27-15-17)14-18(19)24-20(26)11-12-23-25(24)29-22-8-4-3-7-21(22)28-23/h3-15H,1-2H3. The number of hydrogen-bond acceptors (Lipinski definition) is 3. The lowest BCUT2D eigenvalue weighted by atomic mass is 9.82. The van der Waals surface area contributed by atoms with Crippen LogP contribution >= 0.6 is 0 Å². The Morgan fingerprint density at radius 2 is 1.52 bits per heavy atom. The number of para-hydroxylation sites is 2. The Morgan fingerprint density at radius 1 is 0.724 bits per heavy atom. The molecule has 140 valence electrons. The van der Waals surface area contributed by atoms with Gasteiger partial charge in [-0.3, -0.25) is 4.98 Å². The highest BCUT2D eigenvalue weighted by Crippen LogP contribution is 2.58. The molecule has 2 heterocycles. The van der Waals surface area contributed by atoms with Crippen molar-refractivity contribution in [3.8, 4) is 45.3 Å². The summed E-state index contributed by atoms with van der Waals surface area (Å²) in [6, 6.07) is 22.7. The van der Waals surface area contributed by atoms with Gasteiger partial charge in [-0.15, -0.1) is 0 Å². The van der Waals surface area contributed by atoms with Gasteiger partial charge in [-0.1, -0.05) is 50.2 Å². The SMILES string of the molecule is CC1(C)c2ccc(-c3cccnc3)cc2-c2c1ccc1c2Oc2ccccc2O1. The van der Waals surface area contributed by atoms with E-state index in [0.717, 1.165) is 39.7 Å². The number of benzene rings is 3. The minimum Gasteiger partial charge on any atom is -0.449 e. The van der Waals surface area contributed by atoms with Crippen LogP contribution in [0.3, 0.4) is 0 Å². The van der Waals surface area contributed by atoms with Gasteiger partial charge < -0.3 is 9.47 Å². The lowest BCUT2D eigenvalue weighted by Gasteiger charge is -2.25. The fraction of sp³-hybridized carbons (Fsp3) is 0.115. The van der Waals surface area contributed by atoms with E-state index < -0.39 is 0 Å². The number of ether oxygens (including phenoxy) is 2. The molecule has 4 aromatic rings. The second-order valence-electron chi connectivity index (χ2n) is 8.09. The number of fused-ring (bicyclic) bond motifs is 6. The Bertz CT molecular complexity index is 1280. The molecule has 0 fully saturated rings. The van der Waals surface area contributed by atoms with Gasteiger partial charge in [0.1, 0.15) is 0 Å². The van der Waals surface area contributed by atoms with E-state index in [4.69, 9.17) is 9.47 Å². The smallest absolute Gasteiger partial charge is 0.178 e. The van der Waals surface area contributed by atoms with Crippen LogP contribution in [-0.2, 0) is 5.41 Å². The van der Waals surface area contributed by atoms with E-state index in [0.29, 0.717) is 0 Å². The van der Waals surface area contributed by atoms with Crippen molar-refractivity contribution in [2.24, 2.45) is 0 Å². The maximum atomic E-state index is 6.38. The average Bonchev–Trinajstić information content (AvgIpc) is 2.99. The third-order valence-corrected chi connectivity index (χ3v) is 6.03. The fourth-order valence-corrected chi connectivity index (χ4v) is 4.53. The summed E-state index contributed by atoms with van der Waals surface area (Å²) in [6.07, 6.45) is 3.70. The van der Waals surface area contributed by atoms with Gasteiger partial charge in [-0.05, 0) is 52.6 Å². The quantitative estimate of drug-likeness (QED) is 0.317. The zero-order valence-electron chi connectivity index (χ0n) is 16.3. The van der Waals surface area contributed by atoms with E-state index in [-0.39, 0.29) is 5.41 Å². The van der Waals surface area contributed by atoms with Crippen molar-refractivity contribution in [2.75, 3.05) is 0 Å². The molecule has 2 aliphatic rings. The number of aromatic nitrogens is 1. The van der Waals surface area contributed by atoms with Crippen LogP contribution in [0.4, 0.5) is 0 Å². The van der Waals surface area contributed by atoms with Crippen molar-refractivity contribution in [2.45, 2.75) is 19.3 Å². The van der Waals surface area contributed by atoms with Gasteiger partial charge in [0, 0.05) is 28.9 Å². The largest absolute Gasteiger partial charge is 0.449 e. The molecule has 1 aromatic heterocycles. The molecular formula is C26H19NO2. The molecule has 1 aliphatic heterocycles. The molecule has 0 unspecified atom stereocenters. The van der Waals surface area contributed by atoms with Crippen LogP contribution in [0, 0.1) is 0 Å². The van der Waals surface area contributed by atoms with E-state index in [1.165, 1.54) is 16.7 Å². The van der Waals surface area contributed by atoms with Crippen LogP contribution in [0.2, 0.25) is 0 Å². The Hall–Kier alpha value is -3.59. The first-order valence-corrected chi connectivity index (χ1v) is 9.80. The van der Waals surface area contributed by atoms with Crippen molar-refractivity contribution in [3.05, 3.63) is 90.3 Å². The molecule has 0 atom stereocenters. The van der Waals surface area contributed by atoms with Gasteiger partial charge in [0.15, 0.2) is 23.0 Å². The summed E-state index contributed by atoms with van der Waals surface area (Å²) in [5, 5.41) is 0. The number of hydrogen-bond donors (Lipinski definition) is 0. The Balaban J connectivity index is 1.59. The lowest BCUT2D eigenvalue weighted by Crippen LogP contribution is -2.15. The molecule has 0 saturated carbocycles. The van der Waals surface area contributed by atoms with Gasteiger partial charge >= 0.3 is 0 Å². The lowest BCUT2D eigenvalue weighted by molar-refractivity contribution is 0.360. The molecule has 0 amide bonds. The van der Waals surface area contributed by atoms with Gasteiger partial charge in [0.05, 0.1) is 0 Å². The van der Waals surface area contributed by atoms with Crippen LogP contribution in [0.5, 0.6) is 23.0 Å². The van der Waals surface area contributed by atoms with Crippen LogP contribution in [0.25, 0.3) is 22.3 Å². The summed E-state index contributed by atoms with van der Waals surface area (Å²) in [4.78, 5) is 4.28. The van der Waals surface area contributed by atoms with Crippen molar-refractivity contribution < 1.29 is 9.47 Å². The summed E-state index contributed by atoms with van der Waals surface area (Å²) in [5.41, 5.74) is 7.04. The topological polar surface area (TPSA) is 31.4 Å². The Labute approximate surface area is 169 Å². The number of rotatable bonds is 1. The number of nitrogens with zero attached hydrogens (tertiary/aromatic N) is 1. The zero-order valence-corrected chi connectivity index (χ0v) is 16.3. The summed E-state index contributed by atoms with van der Waals surface area (Å²) < 4.78 is 12.5. The second kappa shape index (κ2) is 5.71. The summed E-state index contributed by atoms with van der Waals surface area (Å²) in [7, 11) is 0. The van der Waals surface area contributed by atoms with E-state index in [1.54, 1.807) is 6.20 Å². The molecule has 3 nitrogen and oxygen atoms in total. The maximum absolute atomic E-state index is 6.38. The van der Waals surface area contributed by atoms with Crippen LogP contribution in [0.15, 0.2) is 79.1 Å². The summed E-state index contributed by atoms with van der Waals surface area (Å²) in [5.74, 6) is 3.07. The monoisotopic (exact) mass is 377 g/mol. The second-order valence-corrected chi connectivity index (χ2v) is 8.09. The molecule has 0 N–H and O–H groups in total. The molecule has 0 spiro atoms. The predicted molar refractivity (Wildman–Crippen MR) is 114 cm³/mol. The van der Waals surface area contributed by atoms with E-state index in [9.17, 15) is 0 Å². The highest BCUT2D eigenvalue weighted by molar-refractivity contribution is 5.90. The molecule has 1 aliphatic carbocycles. The third-order valence-electron chi connectivity index (χ3n) is 6.03. The van der Waals surface area contributed by atoms with Gasteiger partial charge in [-0.2, -0.15) is 0 Å². The molecule has 0 saturated heterocycles. The molecule has 3 heteroatoms. The summed E-state index contributed by atoms with van der Waals surface area (Å²) >= 11 is 0. The fourth-order valence-electron chi connectivity index (χ4n) is 4.53. The van der Waals surface area contributed by atoms with E-state index >= 15 is 0 Å². The van der Waals surface area contributed by atoms with E-state index in [2.05, 4.69) is 49.2 Å². The summed E-state index contributed by atoms with van der Waals surface area (Å²) in [6.45, 7) is 4.54. The minimum absolute atomic E-state index is 0.104. The third kappa shape index (κ3) is 2.27. The molecule has 6 rings (SSSR count). The Morgan fingerprint density at radius 3 is 2.31 bits per heavy atom. The van der Waals surface area contributed by atoms with Gasteiger partial charge in [-0.25, -0.2) is 0 Å². The highest BCUT2D eigenvalue weighted by atomic mass is 16.6. The van der Waals surface area contributed by atoms with Gasteiger partial charge in [0.25, 0.3) is 0 Å². The molecular weight excluding hydrogens is 358 g/mol. The normalized spacial score (nSPS) is 14.7. The number of pyridine rings is 1. The first-order valence-electron chi connectivity index (χ1n) is 9.80. The maximum Gasteiger partial charge on any atom is 0.178 e. The predicted octanol–water partition coefficient (Wildman–Crippen LogP) is 6.95. The van der Waals surface area contributed by atoms with Crippen LogP contribution in [0.1, 0.15) is 25.0 Å². The average molecular weight is 377 g/mol. The molecule has 0 bridgehead atoms. The van der Waals surface area contributed by atoms with Gasteiger partial charge in [0.2, 0.25) is 0 Å². The highest BCUT2D eigenvalue weighted by Gasteiger charge is 2.39. The van der Waals surface area contributed by atoms with Crippen molar-refractivity contribution in [1.82, 2.24) is 4.98 Å².